The molecule has 0 saturated carbocycles. The first-order valence-corrected chi connectivity index (χ1v) is 9.15. The van der Waals surface area contributed by atoms with Crippen molar-refractivity contribution < 1.29 is 4.74 Å². The van der Waals surface area contributed by atoms with Gasteiger partial charge in [-0.25, -0.2) is 0 Å². The van der Waals surface area contributed by atoms with Gasteiger partial charge in [-0.15, -0.1) is 5.54 Å². The van der Waals surface area contributed by atoms with Gasteiger partial charge in [-0.1, -0.05) is 55.9 Å². The number of hydrogen-bond acceptors (Lipinski definition) is 1. The molecule has 1 atom stereocenters. The Balaban J connectivity index is 2.41. The van der Waals surface area contributed by atoms with Crippen molar-refractivity contribution in [2.24, 2.45) is 0 Å². The highest BCUT2D eigenvalue weighted by molar-refractivity contribution is 6.83. The van der Waals surface area contributed by atoms with Crippen LogP contribution in [0.15, 0.2) is 30.3 Å². The molecule has 1 aromatic rings. The van der Waals surface area contributed by atoms with Crippen molar-refractivity contribution >= 4 is 8.07 Å². The van der Waals surface area contributed by atoms with E-state index in [1.807, 2.05) is 25.1 Å². The molecule has 0 fully saturated rings. The molecule has 16 heavy (non-hydrogen) atoms. The molecule has 0 aliphatic rings. The summed E-state index contributed by atoms with van der Waals surface area (Å²) in [4.78, 5) is 0. The highest BCUT2D eigenvalue weighted by atomic mass is 28.3. The molecule has 86 valence electrons. The highest BCUT2D eigenvalue weighted by Crippen LogP contribution is 2.03. The minimum atomic E-state index is -1.27. The van der Waals surface area contributed by atoms with E-state index >= 15 is 0 Å². The zero-order valence-electron chi connectivity index (χ0n) is 10.6. The molecular weight excluding hydrogens is 212 g/mol. The van der Waals surface area contributed by atoms with Gasteiger partial charge in [0.2, 0.25) is 0 Å². The van der Waals surface area contributed by atoms with Gasteiger partial charge in [-0.05, 0) is 12.5 Å². The van der Waals surface area contributed by atoms with E-state index < -0.39 is 8.07 Å². The van der Waals surface area contributed by atoms with E-state index in [-0.39, 0.29) is 6.10 Å². The minimum Gasteiger partial charge on any atom is -0.361 e. The van der Waals surface area contributed by atoms with Gasteiger partial charge in [0.1, 0.15) is 14.2 Å². The van der Waals surface area contributed by atoms with Crippen molar-refractivity contribution in [1.82, 2.24) is 0 Å². The molecule has 0 aromatic heterocycles. The first-order valence-electron chi connectivity index (χ1n) is 5.65. The molecule has 1 aromatic carbocycles. The predicted octanol–water partition coefficient (Wildman–Crippen LogP) is 3.47. The molecule has 0 N–H and O–H groups in total. The summed E-state index contributed by atoms with van der Waals surface area (Å²) in [6, 6.07) is 10.2. The maximum Gasteiger partial charge on any atom is 0.129 e. The lowest BCUT2D eigenvalue weighted by Gasteiger charge is -2.09. The average molecular weight is 232 g/mol. The first kappa shape index (κ1) is 13.0. The first-order chi connectivity index (χ1) is 7.47. The monoisotopic (exact) mass is 232 g/mol. The lowest BCUT2D eigenvalue weighted by Crippen LogP contribution is -2.18. The lowest BCUT2D eigenvalue weighted by molar-refractivity contribution is 0.0901. The lowest BCUT2D eigenvalue weighted by atomic mass is 10.2. The van der Waals surface area contributed by atoms with Gasteiger partial charge in [0, 0.05) is 0 Å². The highest BCUT2D eigenvalue weighted by Gasteiger charge is 2.08. The molecule has 0 radical (unpaired) electrons. The predicted molar refractivity (Wildman–Crippen MR) is 71.8 cm³/mol. The van der Waals surface area contributed by atoms with E-state index in [2.05, 4.69) is 43.2 Å². The van der Waals surface area contributed by atoms with E-state index in [4.69, 9.17) is 4.74 Å². The van der Waals surface area contributed by atoms with Crippen LogP contribution in [-0.4, -0.2) is 14.2 Å². The average Bonchev–Trinajstić information content (AvgIpc) is 2.24. The van der Waals surface area contributed by atoms with Crippen molar-refractivity contribution in [2.45, 2.75) is 39.3 Å². The second-order valence-electron chi connectivity index (χ2n) is 4.96. The van der Waals surface area contributed by atoms with Crippen LogP contribution in [-0.2, 0) is 11.3 Å². The molecule has 0 spiro atoms. The summed E-state index contributed by atoms with van der Waals surface area (Å²) in [5.74, 6) is 3.18. The molecule has 1 unspecified atom stereocenters. The normalized spacial score (nSPS) is 12.8. The summed E-state index contributed by atoms with van der Waals surface area (Å²) in [7, 11) is -1.27. The Labute approximate surface area is 99.8 Å². The van der Waals surface area contributed by atoms with Gasteiger partial charge < -0.3 is 4.74 Å². The SMILES string of the molecule is CC(C#C[Si](C)(C)C)OCc1ccccc1. The van der Waals surface area contributed by atoms with E-state index in [0.717, 1.165) is 0 Å². The van der Waals surface area contributed by atoms with Crippen LogP contribution in [0.1, 0.15) is 12.5 Å². The molecule has 0 heterocycles. The van der Waals surface area contributed by atoms with Gasteiger partial charge >= 0.3 is 0 Å². The van der Waals surface area contributed by atoms with E-state index in [9.17, 15) is 0 Å². The maximum absolute atomic E-state index is 5.67. The Morgan fingerprint density at radius 2 is 1.81 bits per heavy atom. The van der Waals surface area contributed by atoms with Gasteiger partial charge in [0.05, 0.1) is 6.61 Å². The third kappa shape index (κ3) is 5.74. The molecule has 0 aliphatic carbocycles. The molecule has 0 aliphatic heterocycles. The smallest absolute Gasteiger partial charge is 0.129 e. The standard InChI is InChI=1S/C14H20OSi/c1-13(10-11-16(2,3)4)15-12-14-8-6-5-7-9-14/h5-9,13H,12H2,1-4H3. The molecule has 1 nitrogen and oxygen atoms in total. The Kier molecular flexibility index (Phi) is 4.79. The van der Waals surface area contributed by atoms with E-state index in [0.29, 0.717) is 6.61 Å². The van der Waals surface area contributed by atoms with Crippen LogP contribution < -0.4 is 0 Å². The van der Waals surface area contributed by atoms with Crippen molar-refractivity contribution in [1.29, 1.82) is 0 Å². The Morgan fingerprint density at radius 1 is 1.19 bits per heavy atom. The zero-order chi connectivity index (χ0) is 12.0. The summed E-state index contributed by atoms with van der Waals surface area (Å²) in [6.07, 6.45) is 0.0203. The Bertz CT molecular complexity index is 367. The molecule has 0 saturated heterocycles. The summed E-state index contributed by atoms with van der Waals surface area (Å²) in [5, 5.41) is 0. The quantitative estimate of drug-likeness (QED) is 0.573. The van der Waals surface area contributed by atoms with Gasteiger partial charge in [0.15, 0.2) is 0 Å². The van der Waals surface area contributed by atoms with Crippen LogP contribution in [0.25, 0.3) is 0 Å². The van der Waals surface area contributed by atoms with Crippen LogP contribution in [0, 0.1) is 11.5 Å². The number of ether oxygens (including phenoxy) is 1. The fourth-order valence-electron chi connectivity index (χ4n) is 1.16. The number of rotatable bonds is 3. The fourth-order valence-corrected chi connectivity index (χ4v) is 1.79. The molecule has 1 rings (SSSR count). The summed E-state index contributed by atoms with van der Waals surface area (Å²) >= 11 is 0. The van der Waals surface area contributed by atoms with Crippen LogP contribution in [0.2, 0.25) is 19.6 Å². The number of benzene rings is 1. The minimum absolute atomic E-state index is 0.0203. The topological polar surface area (TPSA) is 9.23 Å². The van der Waals surface area contributed by atoms with Gasteiger partial charge in [0.25, 0.3) is 0 Å². The maximum atomic E-state index is 5.67. The van der Waals surface area contributed by atoms with Crippen molar-refractivity contribution in [3.63, 3.8) is 0 Å². The summed E-state index contributed by atoms with van der Waals surface area (Å²) in [6.45, 7) is 9.37. The van der Waals surface area contributed by atoms with Gasteiger partial charge in [-0.3, -0.25) is 0 Å². The van der Waals surface area contributed by atoms with Crippen molar-refractivity contribution in [2.75, 3.05) is 0 Å². The van der Waals surface area contributed by atoms with E-state index in [1.54, 1.807) is 0 Å². The Hall–Kier alpha value is -1.04. The number of hydrogen-bond donors (Lipinski definition) is 0. The fraction of sp³-hybridized carbons (Fsp3) is 0.429. The second-order valence-corrected chi connectivity index (χ2v) is 9.71. The second kappa shape index (κ2) is 5.88. The van der Waals surface area contributed by atoms with Crippen molar-refractivity contribution in [3.05, 3.63) is 35.9 Å². The Morgan fingerprint density at radius 3 is 2.38 bits per heavy atom. The summed E-state index contributed by atoms with van der Waals surface area (Å²) in [5.41, 5.74) is 4.52. The van der Waals surface area contributed by atoms with Crippen LogP contribution >= 0.6 is 0 Å². The molecular formula is C14H20OSi. The van der Waals surface area contributed by atoms with Crippen LogP contribution in [0.5, 0.6) is 0 Å². The summed E-state index contributed by atoms with van der Waals surface area (Å²) < 4.78 is 5.67. The van der Waals surface area contributed by atoms with Crippen LogP contribution in [0.3, 0.4) is 0 Å². The largest absolute Gasteiger partial charge is 0.361 e. The third-order valence-electron chi connectivity index (χ3n) is 1.99. The molecule has 0 bridgehead atoms. The molecule has 0 amide bonds. The zero-order valence-corrected chi connectivity index (χ0v) is 11.6. The molecule has 2 heteroatoms. The van der Waals surface area contributed by atoms with E-state index in [1.165, 1.54) is 5.56 Å². The van der Waals surface area contributed by atoms with Crippen molar-refractivity contribution in [3.8, 4) is 11.5 Å². The third-order valence-corrected chi connectivity index (χ3v) is 2.89. The van der Waals surface area contributed by atoms with Gasteiger partial charge in [-0.2, -0.15) is 0 Å². The van der Waals surface area contributed by atoms with Crippen LogP contribution in [0.4, 0.5) is 0 Å².